The maximum atomic E-state index is 11.6. The van der Waals surface area contributed by atoms with E-state index in [1.807, 2.05) is 6.92 Å². The maximum absolute atomic E-state index is 11.6. The lowest BCUT2D eigenvalue weighted by molar-refractivity contribution is -0.120. The van der Waals surface area contributed by atoms with Gasteiger partial charge in [-0.15, -0.1) is 0 Å². The first-order chi connectivity index (χ1) is 10.2. The number of nitrogens with two attached hydrogens (primary N) is 1. The summed E-state index contributed by atoms with van der Waals surface area (Å²) in [6.07, 6.45) is 19.0. The Morgan fingerprint density at radius 2 is 1.10 bits per heavy atom. The number of hydrogen-bond acceptors (Lipinski definition) is 2. The molecule has 0 aliphatic heterocycles. The van der Waals surface area contributed by atoms with Crippen LogP contribution in [0.5, 0.6) is 0 Å². The molecule has 0 saturated heterocycles. The molecule has 0 fully saturated rings. The first-order valence-corrected chi connectivity index (χ1v) is 9.50. The first kappa shape index (κ1) is 20.6. The second kappa shape index (κ2) is 16.0. The van der Waals surface area contributed by atoms with Crippen LogP contribution in [0.2, 0.25) is 0 Å². The van der Waals surface area contributed by atoms with Crippen molar-refractivity contribution in [3.8, 4) is 0 Å². The van der Waals surface area contributed by atoms with E-state index in [4.69, 9.17) is 5.73 Å². The normalized spacial score (nSPS) is 12.5. The number of unbranched alkanes of at least 4 members (excludes halogenated alkanes) is 12. The van der Waals surface area contributed by atoms with Gasteiger partial charge in [0.1, 0.15) is 5.78 Å². The van der Waals surface area contributed by atoms with Crippen molar-refractivity contribution >= 4 is 5.78 Å². The molecule has 0 spiro atoms. The fourth-order valence-electron chi connectivity index (χ4n) is 2.73. The molecule has 0 bridgehead atoms. The molecule has 0 amide bonds. The molecular weight excluding hydrogens is 258 g/mol. The van der Waals surface area contributed by atoms with Crippen molar-refractivity contribution in [2.75, 3.05) is 0 Å². The zero-order chi connectivity index (χ0) is 15.8. The van der Waals surface area contributed by atoms with Crippen molar-refractivity contribution in [3.05, 3.63) is 0 Å². The minimum Gasteiger partial charge on any atom is -0.322 e. The minimum absolute atomic E-state index is 0.220. The predicted molar refractivity (Wildman–Crippen MR) is 93.6 cm³/mol. The number of carbonyl (C=O) groups is 1. The molecule has 126 valence electrons. The summed E-state index contributed by atoms with van der Waals surface area (Å²) in [7, 11) is 0. The summed E-state index contributed by atoms with van der Waals surface area (Å²) in [5.74, 6) is 0.251. The van der Waals surface area contributed by atoms with Gasteiger partial charge in [0.05, 0.1) is 6.04 Å². The highest BCUT2D eigenvalue weighted by Crippen LogP contribution is 2.13. The highest BCUT2D eigenvalue weighted by molar-refractivity contribution is 5.83. The lowest BCUT2D eigenvalue weighted by Gasteiger charge is -2.07. The number of hydrogen-bond donors (Lipinski definition) is 1. The van der Waals surface area contributed by atoms with E-state index >= 15 is 0 Å². The molecule has 0 rings (SSSR count). The van der Waals surface area contributed by atoms with E-state index in [0.29, 0.717) is 6.42 Å². The molecule has 21 heavy (non-hydrogen) atoms. The Morgan fingerprint density at radius 3 is 1.48 bits per heavy atom. The smallest absolute Gasteiger partial charge is 0.149 e. The third-order valence-electron chi connectivity index (χ3n) is 4.38. The van der Waals surface area contributed by atoms with E-state index in [9.17, 15) is 4.79 Å². The number of rotatable bonds is 16. The van der Waals surface area contributed by atoms with Gasteiger partial charge in [0.25, 0.3) is 0 Å². The number of Topliss-reactive ketones (excluding diaryl/α,β-unsaturated/α-hetero) is 1. The quantitative estimate of drug-likeness (QED) is 0.367. The fraction of sp³-hybridized carbons (Fsp3) is 0.947. The van der Waals surface area contributed by atoms with E-state index in [1.54, 1.807) is 0 Å². The van der Waals surface area contributed by atoms with Crippen molar-refractivity contribution in [2.24, 2.45) is 5.73 Å². The van der Waals surface area contributed by atoms with Gasteiger partial charge in [0.15, 0.2) is 0 Å². The van der Waals surface area contributed by atoms with Gasteiger partial charge in [-0.1, -0.05) is 90.9 Å². The monoisotopic (exact) mass is 297 g/mol. The van der Waals surface area contributed by atoms with E-state index in [1.165, 1.54) is 77.0 Å². The maximum Gasteiger partial charge on any atom is 0.149 e. The highest BCUT2D eigenvalue weighted by Gasteiger charge is 2.09. The van der Waals surface area contributed by atoms with Crippen LogP contribution in [0.1, 0.15) is 110 Å². The van der Waals surface area contributed by atoms with Gasteiger partial charge in [-0.25, -0.2) is 0 Å². The van der Waals surface area contributed by atoms with Crippen LogP contribution >= 0.6 is 0 Å². The molecular formula is C19H39NO. The number of ketones is 1. The second-order valence-electron chi connectivity index (χ2n) is 6.47. The molecule has 0 aromatic carbocycles. The topological polar surface area (TPSA) is 43.1 Å². The van der Waals surface area contributed by atoms with Gasteiger partial charge in [-0.05, 0) is 12.8 Å². The molecule has 0 aromatic rings. The summed E-state index contributed by atoms with van der Waals surface area (Å²) < 4.78 is 0. The van der Waals surface area contributed by atoms with Gasteiger partial charge in [0.2, 0.25) is 0 Å². The van der Waals surface area contributed by atoms with Gasteiger partial charge >= 0.3 is 0 Å². The van der Waals surface area contributed by atoms with Crippen LogP contribution in [-0.2, 0) is 4.79 Å². The zero-order valence-corrected chi connectivity index (χ0v) is 14.7. The lowest BCUT2D eigenvalue weighted by atomic mass is 10.0. The van der Waals surface area contributed by atoms with E-state index in [2.05, 4.69) is 6.92 Å². The molecule has 0 aliphatic rings. The summed E-state index contributed by atoms with van der Waals surface area (Å²) in [5.41, 5.74) is 5.71. The number of carbonyl (C=O) groups excluding carboxylic acids is 1. The second-order valence-corrected chi connectivity index (χ2v) is 6.47. The van der Waals surface area contributed by atoms with Crippen LogP contribution in [0, 0.1) is 0 Å². The summed E-state index contributed by atoms with van der Waals surface area (Å²) >= 11 is 0. The fourth-order valence-corrected chi connectivity index (χ4v) is 2.73. The molecule has 2 nitrogen and oxygen atoms in total. The molecule has 0 unspecified atom stereocenters. The average Bonchev–Trinajstić information content (AvgIpc) is 2.50. The van der Waals surface area contributed by atoms with E-state index < -0.39 is 0 Å². The average molecular weight is 298 g/mol. The van der Waals surface area contributed by atoms with Crippen molar-refractivity contribution in [1.82, 2.24) is 0 Å². The van der Waals surface area contributed by atoms with E-state index in [0.717, 1.165) is 12.8 Å². The van der Waals surface area contributed by atoms with Crippen molar-refractivity contribution in [2.45, 2.75) is 116 Å². The van der Waals surface area contributed by atoms with Crippen LogP contribution in [-0.4, -0.2) is 11.8 Å². The largest absolute Gasteiger partial charge is 0.322 e. The molecule has 1 atom stereocenters. The van der Waals surface area contributed by atoms with Gasteiger partial charge in [-0.2, -0.15) is 0 Å². The molecule has 0 saturated carbocycles. The Hall–Kier alpha value is -0.370. The predicted octanol–water partition coefficient (Wildman–Crippen LogP) is 5.77. The van der Waals surface area contributed by atoms with Crippen LogP contribution < -0.4 is 5.73 Å². The Balaban J connectivity index is 3.11. The Morgan fingerprint density at radius 1 is 0.714 bits per heavy atom. The standard InChI is InChI=1S/C19H39NO/c1-3-5-6-7-8-9-10-11-12-13-14-15-16-17-19(21)18(20)4-2/h18H,3-17,20H2,1-2H3/t18-/m0/s1. The van der Waals surface area contributed by atoms with Crippen LogP contribution in [0.25, 0.3) is 0 Å². The minimum atomic E-state index is -0.220. The summed E-state index contributed by atoms with van der Waals surface area (Å²) in [6, 6.07) is -0.220. The van der Waals surface area contributed by atoms with Crippen molar-refractivity contribution in [3.63, 3.8) is 0 Å². The molecule has 0 aliphatic carbocycles. The van der Waals surface area contributed by atoms with Crippen molar-refractivity contribution < 1.29 is 4.79 Å². The summed E-state index contributed by atoms with van der Waals surface area (Å²) in [6.45, 7) is 4.25. The highest BCUT2D eigenvalue weighted by atomic mass is 16.1. The molecule has 0 aromatic heterocycles. The van der Waals surface area contributed by atoms with Crippen LogP contribution in [0.3, 0.4) is 0 Å². The lowest BCUT2D eigenvalue weighted by Crippen LogP contribution is -2.29. The van der Waals surface area contributed by atoms with Crippen LogP contribution in [0.15, 0.2) is 0 Å². The first-order valence-electron chi connectivity index (χ1n) is 9.50. The summed E-state index contributed by atoms with van der Waals surface area (Å²) in [5, 5.41) is 0. The van der Waals surface area contributed by atoms with E-state index in [-0.39, 0.29) is 11.8 Å². The third-order valence-corrected chi connectivity index (χ3v) is 4.38. The summed E-state index contributed by atoms with van der Waals surface area (Å²) in [4.78, 5) is 11.6. The van der Waals surface area contributed by atoms with Gasteiger partial charge < -0.3 is 5.73 Å². The zero-order valence-electron chi connectivity index (χ0n) is 14.7. The Bertz CT molecular complexity index is 228. The van der Waals surface area contributed by atoms with Gasteiger partial charge in [0, 0.05) is 6.42 Å². The molecule has 2 heteroatoms. The molecule has 2 N–H and O–H groups in total. The SMILES string of the molecule is CCCCCCCCCCCCCCCC(=O)[C@@H](N)CC. The van der Waals surface area contributed by atoms with Crippen molar-refractivity contribution in [1.29, 1.82) is 0 Å². The molecule has 0 heterocycles. The third kappa shape index (κ3) is 14.3. The molecule has 0 radical (unpaired) electrons. The Labute approximate surface area is 133 Å². The van der Waals surface area contributed by atoms with Crippen LogP contribution in [0.4, 0.5) is 0 Å². The van der Waals surface area contributed by atoms with Gasteiger partial charge in [-0.3, -0.25) is 4.79 Å². The Kier molecular flexibility index (Phi) is 15.7.